The first-order valence-electron chi connectivity index (χ1n) is 17.3. The highest BCUT2D eigenvalue weighted by Gasteiger charge is 2.91. The van der Waals surface area contributed by atoms with Crippen molar-refractivity contribution in [1.82, 2.24) is 4.90 Å². The van der Waals surface area contributed by atoms with E-state index in [-0.39, 0.29) is 25.9 Å². The molecule has 0 spiro atoms. The maximum absolute atomic E-state index is 15.3. The number of fused-ring (bicyclic) bond motifs is 1. The van der Waals surface area contributed by atoms with E-state index in [9.17, 15) is 57.9 Å². The van der Waals surface area contributed by atoms with Crippen LogP contribution in [-0.2, 0) is 10.7 Å². The van der Waals surface area contributed by atoms with Crippen molar-refractivity contribution in [2.24, 2.45) is 0 Å². The number of imide groups is 1. The number of halogens is 13. The molecule has 57 heavy (non-hydrogen) atoms. The van der Waals surface area contributed by atoms with E-state index in [4.69, 9.17) is 14.2 Å². The Morgan fingerprint density at radius 2 is 1.12 bits per heavy atom. The third kappa shape index (κ3) is 7.66. The zero-order chi connectivity index (χ0) is 42.2. The zero-order valence-electron chi connectivity index (χ0n) is 29.6. The lowest BCUT2D eigenvalue weighted by Crippen LogP contribution is -2.69. The lowest BCUT2D eigenvalue weighted by Gasteiger charge is -2.40. The van der Waals surface area contributed by atoms with Gasteiger partial charge in [-0.05, 0) is 59.0 Å². The molecule has 6 nitrogen and oxygen atoms in total. The minimum atomic E-state index is -8.08. The van der Waals surface area contributed by atoms with Crippen molar-refractivity contribution in [2.75, 3.05) is 33.0 Å². The van der Waals surface area contributed by atoms with Crippen molar-refractivity contribution in [3.8, 4) is 11.5 Å². The zero-order valence-corrected chi connectivity index (χ0v) is 29.6. The molecule has 310 valence electrons. The number of carbonyl (C=O) groups excluding carboxylic acids is 2. The van der Waals surface area contributed by atoms with E-state index >= 15 is 8.78 Å². The van der Waals surface area contributed by atoms with E-state index < -0.39 is 81.6 Å². The van der Waals surface area contributed by atoms with Crippen molar-refractivity contribution in [2.45, 2.75) is 68.4 Å². The summed E-state index contributed by atoms with van der Waals surface area (Å²) in [5.41, 5.74) is -3.50. The molecule has 0 aliphatic carbocycles. The summed E-state index contributed by atoms with van der Waals surface area (Å²) >= 11 is 0. The van der Waals surface area contributed by atoms with E-state index in [2.05, 4.69) is 6.92 Å². The minimum absolute atomic E-state index is 0.0228. The average molecular weight is 830 g/mol. The van der Waals surface area contributed by atoms with Gasteiger partial charge in [0.1, 0.15) is 18.1 Å². The van der Waals surface area contributed by atoms with Crippen LogP contribution in [0.15, 0.2) is 66.7 Å². The molecule has 0 N–H and O–H groups in total. The molecule has 0 radical (unpaired) electrons. The predicted octanol–water partition coefficient (Wildman–Crippen LogP) is 10.8. The molecule has 0 fully saturated rings. The molecule has 4 aromatic rings. The van der Waals surface area contributed by atoms with Crippen LogP contribution >= 0.6 is 0 Å². The van der Waals surface area contributed by atoms with Gasteiger partial charge < -0.3 is 14.2 Å². The topological polar surface area (TPSA) is 65.1 Å². The van der Waals surface area contributed by atoms with Crippen LogP contribution in [0.25, 0.3) is 21.5 Å². The maximum atomic E-state index is 15.3. The highest BCUT2D eigenvalue weighted by atomic mass is 19.4. The Kier molecular flexibility index (Phi) is 12.0. The molecular formula is C38H32F13NO5. The highest BCUT2D eigenvalue weighted by Crippen LogP contribution is 2.62. The van der Waals surface area contributed by atoms with E-state index in [1.54, 1.807) is 12.1 Å². The summed E-state index contributed by atoms with van der Waals surface area (Å²) in [5.74, 6) is -39.3. The van der Waals surface area contributed by atoms with Crippen molar-refractivity contribution >= 4 is 33.4 Å². The molecule has 0 saturated carbocycles. The SMILES string of the molecule is CCCCCCOc1ccc2cc(OCCOCCN3C(=O)c4cccc5c(C(F)(F)C(F)(F)C(F)(F)C(F)(F)C(F)(F)C(F)(F)F)ccc(c45)C3=O)ccc2c1. The first-order valence-corrected chi connectivity index (χ1v) is 17.3. The van der Waals surface area contributed by atoms with E-state index in [1.807, 2.05) is 24.3 Å². The number of hydrogen-bond acceptors (Lipinski definition) is 5. The molecule has 2 amide bonds. The number of amides is 2. The quantitative estimate of drug-likeness (QED) is 0.0568. The summed E-state index contributed by atoms with van der Waals surface area (Å²) in [6.07, 6.45) is -3.25. The minimum Gasteiger partial charge on any atom is -0.494 e. The summed E-state index contributed by atoms with van der Waals surface area (Å²) < 4.78 is 198. The normalized spacial score (nSPS) is 14.5. The van der Waals surface area contributed by atoms with Gasteiger partial charge in [-0.3, -0.25) is 14.5 Å². The molecule has 1 aliphatic heterocycles. The van der Waals surface area contributed by atoms with Crippen molar-refractivity contribution in [3.63, 3.8) is 0 Å². The lowest BCUT2D eigenvalue weighted by molar-refractivity contribution is -0.441. The van der Waals surface area contributed by atoms with E-state index in [1.165, 1.54) is 0 Å². The predicted molar refractivity (Wildman–Crippen MR) is 179 cm³/mol. The monoisotopic (exact) mass is 829 g/mol. The maximum Gasteiger partial charge on any atom is 0.460 e. The standard InChI is InChI=1S/C38H32F13NO5/c1-2-3-4-5-16-56-24-11-9-23-21-25(12-10-22(23)20-24)57-19-18-55-17-15-52-31(53)27-8-6-7-26-29(14-13-28(30(26)27)32(52)54)33(39,40)34(41,42)35(43,44)36(45,46)37(47,48)38(49,50)51/h6-14,20-21H,2-5,15-19H2,1H3. The first-order chi connectivity index (χ1) is 26.5. The van der Waals surface area contributed by atoms with Gasteiger partial charge in [0.2, 0.25) is 0 Å². The van der Waals surface area contributed by atoms with Crippen LogP contribution in [0, 0.1) is 0 Å². The van der Waals surface area contributed by atoms with Crippen LogP contribution in [0.1, 0.15) is 58.9 Å². The number of ether oxygens (including phenoxy) is 3. The molecule has 19 heteroatoms. The third-order valence-electron chi connectivity index (χ3n) is 9.27. The number of carbonyl (C=O) groups is 2. The second kappa shape index (κ2) is 15.9. The smallest absolute Gasteiger partial charge is 0.460 e. The van der Waals surface area contributed by atoms with Gasteiger partial charge in [0.15, 0.2) is 0 Å². The Bertz CT molecular complexity index is 2100. The molecule has 1 aliphatic rings. The van der Waals surface area contributed by atoms with Gasteiger partial charge in [-0.2, -0.15) is 57.1 Å². The van der Waals surface area contributed by atoms with Crippen molar-refractivity contribution in [3.05, 3.63) is 83.4 Å². The highest BCUT2D eigenvalue weighted by molar-refractivity contribution is 6.25. The third-order valence-corrected chi connectivity index (χ3v) is 9.27. The van der Waals surface area contributed by atoms with Crippen molar-refractivity contribution < 1.29 is 80.9 Å². The first kappa shape index (κ1) is 43.3. The van der Waals surface area contributed by atoms with Crippen LogP contribution < -0.4 is 9.47 Å². The molecular weight excluding hydrogens is 797 g/mol. The molecule has 0 unspecified atom stereocenters. The number of benzene rings is 4. The second-order valence-electron chi connectivity index (χ2n) is 13.1. The Labute approximate surface area is 315 Å². The fourth-order valence-corrected chi connectivity index (χ4v) is 6.14. The Morgan fingerprint density at radius 3 is 1.70 bits per heavy atom. The van der Waals surface area contributed by atoms with Gasteiger partial charge >= 0.3 is 35.8 Å². The number of hydrogen-bond donors (Lipinski definition) is 0. The summed E-state index contributed by atoms with van der Waals surface area (Å²) in [4.78, 5) is 27.1. The Balaban J connectivity index is 1.24. The average Bonchev–Trinajstić information content (AvgIpc) is 3.15. The molecule has 1 heterocycles. The van der Waals surface area contributed by atoms with Crippen LogP contribution in [0.3, 0.4) is 0 Å². The number of rotatable bonds is 18. The molecule has 4 aromatic carbocycles. The fourth-order valence-electron chi connectivity index (χ4n) is 6.14. The fraction of sp³-hybridized carbons (Fsp3) is 0.421. The molecule has 0 aromatic heterocycles. The van der Waals surface area contributed by atoms with Gasteiger partial charge in [-0.25, -0.2) is 0 Å². The summed E-state index contributed by atoms with van der Waals surface area (Å²) in [6, 6.07) is 13.5. The van der Waals surface area contributed by atoms with Gasteiger partial charge in [0.05, 0.1) is 26.4 Å². The van der Waals surface area contributed by atoms with Gasteiger partial charge in [0, 0.05) is 22.1 Å². The Hall–Kier alpha value is -4.81. The lowest BCUT2D eigenvalue weighted by atomic mass is 9.85. The van der Waals surface area contributed by atoms with Crippen LogP contribution in [-0.4, -0.2) is 79.6 Å². The Morgan fingerprint density at radius 1 is 0.561 bits per heavy atom. The van der Waals surface area contributed by atoms with Crippen LogP contribution in [0.5, 0.6) is 11.5 Å². The number of alkyl halides is 13. The molecule has 0 bridgehead atoms. The number of unbranched alkanes of at least 4 members (excludes halogenated alkanes) is 3. The summed E-state index contributed by atoms with van der Waals surface area (Å²) in [7, 11) is 0. The molecule has 0 saturated heterocycles. The molecule has 5 rings (SSSR count). The van der Waals surface area contributed by atoms with Gasteiger partial charge in [0.25, 0.3) is 11.8 Å². The van der Waals surface area contributed by atoms with E-state index in [0.717, 1.165) is 54.3 Å². The largest absolute Gasteiger partial charge is 0.494 e. The second-order valence-corrected chi connectivity index (χ2v) is 13.1. The van der Waals surface area contributed by atoms with Crippen LogP contribution in [0.2, 0.25) is 0 Å². The van der Waals surface area contributed by atoms with Gasteiger partial charge in [-0.15, -0.1) is 0 Å². The van der Waals surface area contributed by atoms with E-state index in [0.29, 0.717) is 29.4 Å². The summed E-state index contributed by atoms with van der Waals surface area (Å²) in [6.45, 7) is 1.97. The summed E-state index contributed by atoms with van der Waals surface area (Å²) in [5, 5.41) is -0.271. The van der Waals surface area contributed by atoms with Crippen molar-refractivity contribution in [1.29, 1.82) is 0 Å². The number of nitrogens with zero attached hydrogens (tertiary/aromatic N) is 1. The molecule has 0 atom stereocenters. The van der Waals surface area contributed by atoms with Gasteiger partial charge in [-0.1, -0.05) is 56.5 Å². The van der Waals surface area contributed by atoms with Crippen LogP contribution in [0.4, 0.5) is 57.1 Å².